The van der Waals surface area contributed by atoms with Crippen LogP contribution in [-0.4, -0.2) is 22.0 Å². The highest BCUT2D eigenvalue weighted by Gasteiger charge is 2.40. The predicted octanol–water partition coefficient (Wildman–Crippen LogP) is 3.50. The number of hydrogen-bond acceptors (Lipinski definition) is 5. The molecule has 1 aliphatic carbocycles. The van der Waals surface area contributed by atoms with Crippen LogP contribution in [0.1, 0.15) is 36.6 Å². The van der Waals surface area contributed by atoms with Crippen molar-refractivity contribution in [3.63, 3.8) is 0 Å². The van der Waals surface area contributed by atoms with Crippen LogP contribution < -0.4 is 4.90 Å². The molecule has 0 spiro atoms. The lowest BCUT2D eigenvalue weighted by atomic mass is 9.87. The number of anilines is 1. The topological polar surface area (TPSA) is 74.1 Å². The largest absolute Gasteiger partial charge is 0.274 e. The Morgan fingerprint density at radius 2 is 2.00 bits per heavy atom. The molecule has 1 aromatic carbocycles. The van der Waals surface area contributed by atoms with Crippen molar-refractivity contribution in [2.75, 3.05) is 4.90 Å². The minimum absolute atomic E-state index is 0.124. The van der Waals surface area contributed by atoms with Crippen molar-refractivity contribution in [3.8, 4) is 6.07 Å². The zero-order valence-electron chi connectivity index (χ0n) is 15.0. The van der Waals surface area contributed by atoms with Gasteiger partial charge in [-0.3, -0.25) is 9.59 Å². The molecule has 6 heteroatoms. The summed E-state index contributed by atoms with van der Waals surface area (Å²) in [6.07, 6.45) is 3.03. The van der Waals surface area contributed by atoms with E-state index in [2.05, 4.69) is 13.0 Å². The fraction of sp³-hybridized carbons (Fsp3) is 0.333. The van der Waals surface area contributed by atoms with E-state index in [4.69, 9.17) is 4.98 Å². The van der Waals surface area contributed by atoms with Crippen LogP contribution in [0.15, 0.2) is 41.4 Å². The summed E-state index contributed by atoms with van der Waals surface area (Å²) < 4.78 is 0. The Labute approximate surface area is 162 Å². The molecule has 5 nitrogen and oxygen atoms in total. The van der Waals surface area contributed by atoms with Gasteiger partial charge in [-0.1, -0.05) is 36.9 Å². The molecule has 1 aliphatic heterocycles. The molecule has 2 aromatic rings. The molecule has 1 fully saturated rings. The van der Waals surface area contributed by atoms with Crippen molar-refractivity contribution in [2.24, 2.45) is 5.92 Å². The molecule has 0 bridgehead atoms. The number of carbonyl (C=O) groups excluding carboxylic acids is 2. The van der Waals surface area contributed by atoms with Gasteiger partial charge in [-0.15, -0.1) is 0 Å². The van der Waals surface area contributed by atoms with Gasteiger partial charge in [0.1, 0.15) is 11.1 Å². The molecule has 0 radical (unpaired) electrons. The highest BCUT2D eigenvalue weighted by Crippen LogP contribution is 2.36. The smallest absolute Gasteiger partial charge is 0.247 e. The lowest BCUT2D eigenvalue weighted by Crippen LogP contribution is -2.31. The SMILES string of the molecule is C[C@H]1CCc2nc(S[C@@H]3CC(=O)N(c4ccccc4)C3=O)c(C#N)cc2C1. The number of aryl methyl sites for hydroxylation is 1. The van der Waals surface area contributed by atoms with Crippen LogP contribution >= 0.6 is 11.8 Å². The Hall–Kier alpha value is -2.65. The van der Waals surface area contributed by atoms with Gasteiger partial charge in [0.2, 0.25) is 11.8 Å². The van der Waals surface area contributed by atoms with Crippen molar-refractivity contribution in [3.05, 3.63) is 53.2 Å². The average molecular weight is 377 g/mol. The second kappa shape index (κ2) is 7.16. The first-order valence-electron chi connectivity index (χ1n) is 9.08. The van der Waals surface area contributed by atoms with Crippen LogP contribution in [0.5, 0.6) is 0 Å². The van der Waals surface area contributed by atoms with Crippen molar-refractivity contribution >= 4 is 29.3 Å². The molecule has 2 heterocycles. The van der Waals surface area contributed by atoms with E-state index in [1.165, 1.54) is 16.7 Å². The van der Waals surface area contributed by atoms with Crippen molar-refractivity contribution in [1.82, 2.24) is 4.98 Å². The number of nitrogens with zero attached hydrogens (tertiary/aromatic N) is 3. The monoisotopic (exact) mass is 377 g/mol. The third kappa shape index (κ3) is 3.35. The third-order valence-corrected chi connectivity index (χ3v) is 6.28. The predicted molar refractivity (Wildman–Crippen MR) is 103 cm³/mol. The molecule has 0 unspecified atom stereocenters. The maximum atomic E-state index is 12.8. The van der Waals surface area contributed by atoms with Gasteiger partial charge in [0.15, 0.2) is 0 Å². The number of para-hydroxylation sites is 1. The number of nitriles is 1. The van der Waals surface area contributed by atoms with E-state index < -0.39 is 5.25 Å². The number of hydrogen-bond donors (Lipinski definition) is 0. The molecule has 2 atom stereocenters. The summed E-state index contributed by atoms with van der Waals surface area (Å²) >= 11 is 1.24. The van der Waals surface area contributed by atoms with Gasteiger partial charge in [0.25, 0.3) is 0 Å². The Kier molecular flexibility index (Phi) is 4.71. The minimum atomic E-state index is -0.544. The summed E-state index contributed by atoms with van der Waals surface area (Å²) in [6, 6.07) is 13.1. The number of fused-ring (bicyclic) bond motifs is 1. The van der Waals surface area contributed by atoms with Crippen LogP contribution in [0.3, 0.4) is 0 Å². The first-order chi connectivity index (χ1) is 13.1. The van der Waals surface area contributed by atoms with Gasteiger partial charge >= 0.3 is 0 Å². The standard InChI is InChI=1S/C21H19N3O2S/c1-13-7-8-17-14(9-13)10-15(12-22)20(23-17)27-18-11-19(25)24(21(18)26)16-5-3-2-4-6-16/h2-6,10,13,18H,7-9,11H2,1H3/t13-,18+/m0/s1. The molecule has 136 valence electrons. The normalized spacial score (nSPS) is 21.9. The summed E-state index contributed by atoms with van der Waals surface area (Å²) in [5.74, 6) is 0.139. The van der Waals surface area contributed by atoms with Crippen LogP contribution in [0.25, 0.3) is 0 Å². The van der Waals surface area contributed by atoms with Gasteiger partial charge in [-0.25, -0.2) is 9.88 Å². The van der Waals surface area contributed by atoms with Crippen LogP contribution in [0.4, 0.5) is 5.69 Å². The number of benzene rings is 1. The summed E-state index contributed by atoms with van der Waals surface area (Å²) in [6.45, 7) is 2.21. The molecule has 0 saturated carbocycles. The van der Waals surface area contributed by atoms with E-state index in [9.17, 15) is 14.9 Å². The second-order valence-electron chi connectivity index (χ2n) is 7.12. The first kappa shape index (κ1) is 17.7. The summed E-state index contributed by atoms with van der Waals surface area (Å²) in [7, 11) is 0. The zero-order valence-corrected chi connectivity index (χ0v) is 15.8. The van der Waals surface area contributed by atoms with Crippen molar-refractivity contribution in [2.45, 2.75) is 42.9 Å². The Balaban J connectivity index is 1.60. The third-order valence-electron chi connectivity index (χ3n) is 5.09. The zero-order chi connectivity index (χ0) is 19.0. The number of amides is 2. The highest BCUT2D eigenvalue weighted by molar-refractivity contribution is 8.00. The van der Waals surface area contributed by atoms with Gasteiger partial charge in [-0.05, 0) is 48.9 Å². The van der Waals surface area contributed by atoms with Gasteiger partial charge in [0, 0.05) is 12.1 Å². The molecule has 1 aromatic heterocycles. The molecular weight excluding hydrogens is 358 g/mol. The number of imide groups is 1. The number of aromatic nitrogens is 1. The number of carbonyl (C=O) groups is 2. The molecule has 1 saturated heterocycles. The summed E-state index contributed by atoms with van der Waals surface area (Å²) in [4.78, 5) is 31.2. The average Bonchev–Trinajstić information content (AvgIpc) is 2.95. The van der Waals surface area contributed by atoms with Crippen LogP contribution in [0.2, 0.25) is 0 Å². The van der Waals surface area contributed by atoms with Gasteiger partial charge < -0.3 is 0 Å². The van der Waals surface area contributed by atoms with E-state index in [-0.39, 0.29) is 18.2 Å². The Bertz CT molecular complexity index is 952. The number of thioether (sulfide) groups is 1. The molecule has 4 rings (SSSR count). The molecule has 0 N–H and O–H groups in total. The Morgan fingerprint density at radius 3 is 2.74 bits per heavy atom. The second-order valence-corrected chi connectivity index (χ2v) is 8.31. The molecule has 27 heavy (non-hydrogen) atoms. The van der Waals surface area contributed by atoms with Gasteiger partial charge in [0.05, 0.1) is 16.5 Å². The highest BCUT2D eigenvalue weighted by atomic mass is 32.2. The van der Waals surface area contributed by atoms with E-state index in [1.807, 2.05) is 12.1 Å². The van der Waals surface area contributed by atoms with Crippen molar-refractivity contribution < 1.29 is 9.59 Å². The number of pyridine rings is 1. The maximum absolute atomic E-state index is 12.8. The fourth-order valence-electron chi connectivity index (χ4n) is 3.68. The van der Waals surface area contributed by atoms with E-state index in [0.29, 0.717) is 22.2 Å². The summed E-state index contributed by atoms with van der Waals surface area (Å²) in [5.41, 5.74) is 3.23. The van der Waals surface area contributed by atoms with Crippen LogP contribution in [0, 0.1) is 17.2 Å². The Morgan fingerprint density at radius 1 is 1.22 bits per heavy atom. The number of rotatable bonds is 3. The fourth-order valence-corrected chi connectivity index (χ4v) is 4.77. The maximum Gasteiger partial charge on any atom is 0.247 e. The van der Waals surface area contributed by atoms with E-state index >= 15 is 0 Å². The van der Waals surface area contributed by atoms with Crippen LogP contribution in [-0.2, 0) is 22.4 Å². The quantitative estimate of drug-likeness (QED) is 0.766. The van der Waals surface area contributed by atoms with E-state index in [1.54, 1.807) is 24.3 Å². The molecule has 2 amide bonds. The van der Waals surface area contributed by atoms with E-state index in [0.717, 1.165) is 30.5 Å². The first-order valence-corrected chi connectivity index (χ1v) is 9.96. The van der Waals surface area contributed by atoms with Crippen molar-refractivity contribution in [1.29, 1.82) is 5.26 Å². The summed E-state index contributed by atoms with van der Waals surface area (Å²) in [5, 5.41) is 9.56. The van der Waals surface area contributed by atoms with Gasteiger partial charge in [-0.2, -0.15) is 5.26 Å². The minimum Gasteiger partial charge on any atom is -0.274 e. The lowest BCUT2D eigenvalue weighted by Gasteiger charge is -2.22. The molecular formula is C21H19N3O2S. The lowest BCUT2D eigenvalue weighted by molar-refractivity contribution is -0.121. The molecule has 2 aliphatic rings.